The topological polar surface area (TPSA) is 102 Å². The lowest BCUT2D eigenvalue weighted by Gasteiger charge is -2.04. The predicted molar refractivity (Wildman–Crippen MR) is 57.5 cm³/mol. The third kappa shape index (κ3) is 12.2. The number of carbonyl (C=O) groups is 3. The fourth-order valence-corrected chi connectivity index (χ4v) is 0.811. The highest BCUT2D eigenvalue weighted by Gasteiger charge is 1.96. The molecule has 0 saturated carbocycles. The average molecular weight is 245 g/mol. The Bertz CT molecular complexity index is 276. The molecule has 0 atom stereocenters. The van der Waals surface area contributed by atoms with Gasteiger partial charge in [0.05, 0.1) is 19.8 Å². The molecule has 0 aromatic carbocycles. The summed E-state index contributed by atoms with van der Waals surface area (Å²) in [7, 11) is 0. The van der Waals surface area contributed by atoms with E-state index in [2.05, 4.69) is 5.32 Å². The van der Waals surface area contributed by atoms with Crippen LogP contribution in [0, 0.1) is 0 Å². The second-order valence-corrected chi connectivity index (χ2v) is 2.84. The van der Waals surface area contributed by atoms with Crippen LogP contribution in [-0.2, 0) is 23.9 Å². The van der Waals surface area contributed by atoms with Crippen molar-refractivity contribution in [3.63, 3.8) is 0 Å². The molecule has 0 bridgehead atoms. The number of nitrogens with one attached hydrogen (secondary N) is 1. The van der Waals surface area contributed by atoms with Crippen molar-refractivity contribution in [1.29, 1.82) is 0 Å². The number of rotatable bonds is 10. The molecule has 7 heteroatoms. The molecule has 96 valence electrons. The third-order valence-corrected chi connectivity index (χ3v) is 1.47. The number of hydrogen-bond acceptors (Lipinski definition) is 5. The fraction of sp³-hybridized carbons (Fsp3) is 0.500. The highest BCUT2D eigenvalue weighted by atomic mass is 16.5. The first-order valence-corrected chi connectivity index (χ1v) is 4.93. The maximum Gasteiger partial charge on any atom is 0.329 e. The van der Waals surface area contributed by atoms with Gasteiger partial charge >= 0.3 is 5.97 Å². The summed E-state index contributed by atoms with van der Waals surface area (Å²) in [5.74, 6) is -1.40. The zero-order valence-corrected chi connectivity index (χ0v) is 9.26. The van der Waals surface area contributed by atoms with Gasteiger partial charge in [-0.05, 0) is 6.08 Å². The Kier molecular flexibility index (Phi) is 9.68. The Hall–Kier alpha value is -1.73. The van der Waals surface area contributed by atoms with E-state index in [4.69, 9.17) is 14.6 Å². The van der Waals surface area contributed by atoms with E-state index >= 15 is 0 Å². The second kappa shape index (κ2) is 10.8. The number of amides is 1. The van der Waals surface area contributed by atoms with Crippen molar-refractivity contribution in [2.75, 3.05) is 33.0 Å². The first kappa shape index (κ1) is 15.3. The Morgan fingerprint density at radius 2 is 1.88 bits per heavy atom. The molecule has 0 aliphatic carbocycles. The van der Waals surface area contributed by atoms with Gasteiger partial charge in [0.15, 0.2) is 0 Å². The lowest BCUT2D eigenvalue weighted by Crippen LogP contribution is -2.26. The number of carboxylic acid groups (broad SMARTS) is 1. The third-order valence-electron chi connectivity index (χ3n) is 1.47. The van der Waals surface area contributed by atoms with Gasteiger partial charge in [0.1, 0.15) is 12.9 Å². The Labute approximate surface area is 98.4 Å². The number of carbonyl (C=O) groups excluding carboxylic acids is 2. The quantitative estimate of drug-likeness (QED) is 0.290. The van der Waals surface area contributed by atoms with E-state index < -0.39 is 5.97 Å². The highest BCUT2D eigenvalue weighted by Crippen LogP contribution is 1.79. The van der Waals surface area contributed by atoms with Crippen molar-refractivity contribution in [3.05, 3.63) is 12.2 Å². The lowest BCUT2D eigenvalue weighted by molar-refractivity contribution is -0.142. The highest BCUT2D eigenvalue weighted by molar-refractivity contribution is 5.90. The molecule has 0 aliphatic heterocycles. The van der Waals surface area contributed by atoms with E-state index in [0.717, 1.165) is 12.2 Å². The lowest BCUT2D eigenvalue weighted by atomic mass is 10.5. The van der Waals surface area contributed by atoms with E-state index in [1.54, 1.807) is 0 Å². The minimum Gasteiger partial charge on any atom is -0.480 e. The number of carboxylic acids is 1. The van der Waals surface area contributed by atoms with Crippen molar-refractivity contribution in [3.8, 4) is 0 Å². The average Bonchev–Trinajstić information content (AvgIpc) is 2.29. The molecule has 0 spiro atoms. The number of ether oxygens (including phenoxy) is 2. The molecule has 7 nitrogen and oxygen atoms in total. The van der Waals surface area contributed by atoms with E-state index in [0.29, 0.717) is 12.8 Å². The molecule has 2 N–H and O–H groups in total. The molecule has 0 aromatic rings. The van der Waals surface area contributed by atoms with Crippen LogP contribution >= 0.6 is 0 Å². The largest absolute Gasteiger partial charge is 0.480 e. The number of aliphatic carboxylic acids is 1. The van der Waals surface area contributed by atoms with E-state index in [9.17, 15) is 14.4 Å². The summed E-state index contributed by atoms with van der Waals surface area (Å²) in [6, 6.07) is 0. The maximum atomic E-state index is 10.9. The number of hydrogen-bond donors (Lipinski definition) is 2. The Balaban J connectivity index is 3.23. The smallest absolute Gasteiger partial charge is 0.329 e. The van der Waals surface area contributed by atoms with Crippen LogP contribution in [0.4, 0.5) is 0 Å². The molecule has 0 rings (SSSR count). The summed E-state index contributed by atoms with van der Waals surface area (Å²) >= 11 is 0. The van der Waals surface area contributed by atoms with Crippen molar-refractivity contribution in [2.45, 2.75) is 0 Å². The Morgan fingerprint density at radius 1 is 1.18 bits per heavy atom. The molecular formula is C10H15NO6. The van der Waals surface area contributed by atoms with Crippen LogP contribution in [0.1, 0.15) is 0 Å². The predicted octanol–water partition coefficient (Wildman–Crippen LogP) is -1.02. The van der Waals surface area contributed by atoms with Crippen LogP contribution in [-0.4, -0.2) is 56.2 Å². The summed E-state index contributed by atoms with van der Waals surface area (Å²) in [4.78, 5) is 30.8. The molecule has 17 heavy (non-hydrogen) atoms. The standard InChI is InChI=1S/C10H15NO6/c12-4-1-2-9(13)11-3-5-16-6-7-17-8-10(14)15/h1-2,4H,3,5-8H2,(H,11,13)(H,14,15)/b2-1-. The Morgan fingerprint density at radius 3 is 2.53 bits per heavy atom. The summed E-state index contributed by atoms with van der Waals surface area (Å²) in [5.41, 5.74) is 0. The normalized spacial score (nSPS) is 10.4. The van der Waals surface area contributed by atoms with Gasteiger partial charge in [-0.3, -0.25) is 9.59 Å². The van der Waals surface area contributed by atoms with Crippen LogP contribution < -0.4 is 5.32 Å². The van der Waals surface area contributed by atoms with Crippen LogP contribution in [0.5, 0.6) is 0 Å². The SMILES string of the molecule is O=C/C=C\C(=O)NCCOCCOCC(=O)O. The van der Waals surface area contributed by atoms with Crippen molar-refractivity contribution in [1.82, 2.24) is 5.32 Å². The minimum absolute atomic E-state index is 0.186. The first-order valence-electron chi connectivity index (χ1n) is 4.93. The van der Waals surface area contributed by atoms with Gasteiger partial charge in [0, 0.05) is 12.6 Å². The summed E-state index contributed by atoms with van der Waals surface area (Å²) in [6.45, 7) is 0.688. The van der Waals surface area contributed by atoms with Crippen LogP contribution in [0.25, 0.3) is 0 Å². The van der Waals surface area contributed by atoms with Gasteiger partial charge in [0.2, 0.25) is 5.91 Å². The second-order valence-electron chi connectivity index (χ2n) is 2.84. The van der Waals surface area contributed by atoms with Crippen molar-refractivity contribution >= 4 is 18.2 Å². The summed E-state index contributed by atoms with van der Waals surface area (Å²) in [5, 5.41) is 10.7. The summed E-state index contributed by atoms with van der Waals surface area (Å²) < 4.78 is 9.76. The zero-order chi connectivity index (χ0) is 12.9. The van der Waals surface area contributed by atoms with E-state index in [-0.39, 0.29) is 32.3 Å². The van der Waals surface area contributed by atoms with Crippen LogP contribution in [0.15, 0.2) is 12.2 Å². The zero-order valence-electron chi connectivity index (χ0n) is 9.26. The van der Waals surface area contributed by atoms with Crippen LogP contribution in [0.3, 0.4) is 0 Å². The van der Waals surface area contributed by atoms with Gasteiger partial charge in [-0.25, -0.2) is 4.79 Å². The first-order chi connectivity index (χ1) is 8.16. The number of allylic oxidation sites excluding steroid dienone is 1. The number of aldehydes is 1. The van der Waals surface area contributed by atoms with Gasteiger partial charge in [-0.15, -0.1) is 0 Å². The van der Waals surface area contributed by atoms with Crippen LogP contribution in [0.2, 0.25) is 0 Å². The molecule has 0 aromatic heterocycles. The molecule has 0 radical (unpaired) electrons. The van der Waals surface area contributed by atoms with Crippen molar-refractivity contribution in [2.24, 2.45) is 0 Å². The molecule has 0 saturated heterocycles. The van der Waals surface area contributed by atoms with Gasteiger partial charge in [0.25, 0.3) is 0 Å². The van der Waals surface area contributed by atoms with E-state index in [1.165, 1.54) is 0 Å². The molecule has 0 fully saturated rings. The fourth-order valence-electron chi connectivity index (χ4n) is 0.811. The van der Waals surface area contributed by atoms with Gasteiger partial charge in [-0.1, -0.05) is 0 Å². The van der Waals surface area contributed by atoms with Gasteiger partial charge in [-0.2, -0.15) is 0 Å². The molecule has 0 heterocycles. The van der Waals surface area contributed by atoms with E-state index in [1.807, 2.05) is 0 Å². The molecule has 1 amide bonds. The summed E-state index contributed by atoms with van der Waals surface area (Å²) in [6.07, 6.45) is 2.72. The maximum absolute atomic E-state index is 10.9. The minimum atomic E-state index is -1.03. The van der Waals surface area contributed by atoms with Gasteiger partial charge < -0.3 is 19.9 Å². The molecule has 0 unspecified atom stereocenters. The monoisotopic (exact) mass is 245 g/mol. The molecule has 0 aliphatic rings. The molecular weight excluding hydrogens is 230 g/mol. The van der Waals surface area contributed by atoms with Crippen molar-refractivity contribution < 1.29 is 29.0 Å².